The summed E-state index contributed by atoms with van der Waals surface area (Å²) in [4.78, 5) is 17.7. The SMILES string of the molecule is C=CCOc1ccc(-c2nc3s/c(=C/c4cccc(OC)c4)c(=O)n3n2)cc1. The van der Waals surface area contributed by atoms with Crippen LogP contribution in [-0.4, -0.2) is 28.3 Å². The first kappa shape index (κ1) is 17.9. The van der Waals surface area contributed by atoms with Crippen molar-refractivity contribution in [3.8, 4) is 22.9 Å². The van der Waals surface area contributed by atoms with Crippen LogP contribution in [0.25, 0.3) is 22.4 Å². The van der Waals surface area contributed by atoms with Gasteiger partial charge >= 0.3 is 0 Å². The first-order valence-corrected chi connectivity index (χ1v) is 9.39. The lowest BCUT2D eigenvalue weighted by Gasteiger charge is -2.02. The zero-order chi connectivity index (χ0) is 19.5. The van der Waals surface area contributed by atoms with E-state index in [0.717, 1.165) is 22.6 Å². The van der Waals surface area contributed by atoms with Gasteiger partial charge in [-0.25, -0.2) is 0 Å². The zero-order valence-electron chi connectivity index (χ0n) is 15.2. The van der Waals surface area contributed by atoms with Crippen molar-refractivity contribution in [3.63, 3.8) is 0 Å². The molecule has 4 rings (SSSR count). The van der Waals surface area contributed by atoms with E-state index in [1.165, 1.54) is 15.9 Å². The molecule has 0 unspecified atom stereocenters. The van der Waals surface area contributed by atoms with E-state index < -0.39 is 0 Å². The molecule has 0 aliphatic heterocycles. The van der Waals surface area contributed by atoms with Crippen molar-refractivity contribution in [2.45, 2.75) is 0 Å². The molecule has 0 N–H and O–H groups in total. The Morgan fingerprint density at radius 2 is 2.00 bits per heavy atom. The third-order valence-electron chi connectivity index (χ3n) is 4.05. The van der Waals surface area contributed by atoms with Crippen LogP contribution in [0.1, 0.15) is 5.56 Å². The normalized spacial score (nSPS) is 11.7. The van der Waals surface area contributed by atoms with Crippen LogP contribution in [0.5, 0.6) is 11.5 Å². The van der Waals surface area contributed by atoms with Crippen LogP contribution in [0.4, 0.5) is 0 Å². The summed E-state index contributed by atoms with van der Waals surface area (Å²) in [6.45, 7) is 4.07. The Balaban J connectivity index is 1.67. The highest BCUT2D eigenvalue weighted by Gasteiger charge is 2.12. The highest BCUT2D eigenvalue weighted by molar-refractivity contribution is 7.15. The van der Waals surface area contributed by atoms with Gasteiger partial charge in [0.2, 0.25) is 4.96 Å². The first-order valence-electron chi connectivity index (χ1n) is 8.57. The predicted molar refractivity (Wildman–Crippen MR) is 110 cm³/mol. The molecule has 2 aromatic heterocycles. The molecule has 6 nitrogen and oxygen atoms in total. The molecule has 28 heavy (non-hydrogen) atoms. The van der Waals surface area contributed by atoms with Gasteiger partial charge in [0, 0.05) is 5.56 Å². The smallest absolute Gasteiger partial charge is 0.291 e. The van der Waals surface area contributed by atoms with Gasteiger partial charge in [0.15, 0.2) is 5.82 Å². The van der Waals surface area contributed by atoms with Gasteiger partial charge in [-0.3, -0.25) is 4.79 Å². The Labute approximate surface area is 165 Å². The third kappa shape index (κ3) is 3.52. The molecule has 0 spiro atoms. The maximum Gasteiger partial charge on any atom is 0.291 e. The second kappa shape index (κ2) is 7.66. The molecule has 0 saturated carbocycles. The fourth-order valence-electron chi connectivity index (χ4n) is 2.69. The molecule has 0 amide bonds. The Bertz CT molecular complexity index is 1240. The lowest BCUT2D eigenvalue weighted by Crippen LogP contribution is -2.23. The van der Waals surface area contributed by atoms with Gasteiger partial charge < -0.3 is 9.47 Å². The van der Waals surface area contributed by atoms with E-state index in [9.17, 15) is 4.79 Å². The number of ether oxygens (including phenoxy) is 2. The van der Waals surface area contributed by atoms with Crippen molar-refractivity contribution in [2.24, 2.45) is 0 Å². The Morgan fingerprint density at radius 3 is 2.71 bits per heavy atom. The zero-order valence-corrected chi connectivity index (χ0v) is 16.0. The van der Waals surface area contributed by atoms with Gasteiger partial charge in [-0.2, -0.15) is 9.50 Å². The van der Waals surface area contributed by atoms with Crippen molar-refractivity contribution < 1.29 is 9.47 Å². The quantitative estimate of drug-likeness (QED) is 0.473. The summed E-state index contributed by atoms with van der Waals surface area (Å²) in [5.74, 6) is 1.99. The number of hydrogen-bond acceptors (Lipinski definition) is 6. The number of aromatic nitrogens is 3. The standard InChI is InChI=1S/C21H17N3O3S/c1-3-11-27-16-9-7-15(8-10-16)19-22-21-24(23-19)20(25)18(28-21)13-14-5-4-6-17(12-14)26-2/h3-10,12-13H,1,11H2,2H3/b18-13+. The maximum atomic E-state index is 12.7. The molecule has 0 bridgehead atoms. The van der Waals surface area contributed by atoms with Gasteiger partial charge in [-0.1, -0.05) is 36.1 Å². The predicted octanol–water partition coefficient (Wildman–Crippen LogP) is 2.94. The van der Waals surface area contributed by atoms with Crippen molar-refractivity contribution in [1.29, 1.82) is 0 Å². The van der Waals surface area contributed by atoms with Crippen LogP contribution >= 0.6 is 11.3 Å². The van der Waals surface area contributed by atoms with E-state index in [1.54, 1.807) is 13.2 Å². The summed E-state index contributed by atoms with van der Waals surface area (Å²) in [6, 6.07) is 14.9. The topological polar surface area (TPSA) is 65.7 Å². The molecule has 0 atom stereocenters. The highest BCUT2D eigenvalue weighted by atomic mass is 32.1. The summed E-state index contributed by atoms with van der Waals surface area (Å²) in [5, 5.41) is 4.37. The molecule has 4 aromatic rings. The third-order valence-corrected chi connectivity index (χ3v) is 5.01. The van der Waals surface area contributed by atoms with Crippen LogP contribution in [0.2, 0.25) is 0 Å². The molecule has 2 heterocycles. The molecule has 0 saturated heterocycles. The van der Waals surface area contributed by atoms with Crippen molar-refractivity contribution in [1.82, 2.24) is 14.6 Å². The van der Waals surface area contributed by atoms with E-state index in [4.69, 9.17) is 9.47 Å². The Hall–Kier alpha value is -3.45. The average molecular weight is 391 g/mol. The summed E-state index contributed by atoms with van der Waals surface area (Å²) in [6.07, 6.45) is 3.51. The van der Waals surface area contributed by atoms with Crippen molar-refractivity contribution >= 4 is 22.4 Å². The molecule has 0 aliphatic rings. The van der Waals surface area contributed by atoms with E-state index in [2.05, 4.69) is 16.7 Å². The molecule has 0 fully saturated rings. The van der Waals surface area contributed by atoms with Gasteiger partial charge in [0.25, 0.3) is 5.56 Å². The van der Waals surface area contributed by atoms with Crippen LogP contribution in [0, 0.1) is 0 Å². The average Bonchev–Trinajstić information content (AvgIpc) is 3.26. The van der Waals surface area contributed by atoms with Gasteiger partial charge in [-0.15, -0.1) is 5.10 Å². The lowest BCUT2D eigenvalue weighted by atomic mass is 10.2. The Morgan fingerprint density at radius 1 is 1.18 bits per heavy atom. The number of methoxy groups -OCH3 is 1. The number of thiazole rings is 1. The van der Waals surface area contributed by atoms with Crippen molar-refractivity contribution in [2.75, 3.05) is 13.7 Å². The van der Waals surface area contributed by atoms with Gasteiger partial charge in [-0.05, 0) is 48.0 Å². The number of hydrogen-bond donors (Lipinski definition) is 0. The molecule has 0 radical (unpaired) electrons. The summed E-state index contributed by atoms with van der Waals surface area (Å²) in [7, 11) is 1.61. The Kier molecular flexibility index (Phi) is 4.90. The molecular formula is C21H17N3O3S. The minimum absolute atomic E-state index is 0.187. The molecule has 0 aliphatic carbocycles. The fourth-order valence-corrected chi connectivity index (χ4v) is 3.60. The van der Waals surface area contributed by atoms with Crippen LogP contribution in [0.15, 0.2) is 66.0 Å². The lowest BCUT2D eigenvalue weighted by molar-refractivity contribution is 0.363. The van der Waals surface area contributed by atoms with E-state index >= 15 is 0 Å². The number of nitrogens with zero attached hydrogens (tertiary/aromatic N) is 3. The number of fused-ring (bicyclic) bond motifs is 1. The highest BCUT2D eigenvalue weighted by Crippen LogP contribution is 2.20. The van der Waals surface area contributed by atoms with Crippen LogP contribution < -0.4 is 19.6 Å². The number of rotatable bonds is 6. The first-order chi connectivity index (χ1) is 13.7. The minimum Gasteiger partial charge on any atom is -0.497 e. The fraction of sp³-hybridized carbons (Fsp3) is 0.0952. The summed E-state index contributed by atoms with van der Waals surface area (Å²) >= 11 is 1.31. The largest absolute Gasteiger partial charge is 0.497 e. The monoisotopic (exact) mass is 391 g/mol. The van der Waals surface area contributed by atoms with E-state index in [0.29, 0.717) is 21.9 Å². The second-order valence-electron chi connectivity index (χ2n) is 5.95. The van der Waals surface area contributed by atoms with E-state index in [-0.39, 0.29) is 5.56 Å². The molecule has 7 heteroatoms. The van der Waals surface area contributed by atoms with Crippen LogP contribution in [-0.2, 0) is 0 Å². The maximum absolute atomic E-state index is 12.7. The molecule has 140 valence electrons. The minimum atomic E-state index is -0.187. The van der Waals surface area contributed by atoms with Gasteiger partial charge in [0.05, 0.1) is 11.6 Å². The summed E-state index contributed by atoms with van der Waals surface area (Å²) in [5.41, 5.74) is 1.52. The molecular weight excluding hydrogens is 374 g/mol. The van der Waals surface area contributed by atoms with Gasteiger partial charge in [0.1, 0.15) is 18.1 Å². The number of benzene rings is 2. The second-order valence-corrected chi connectivity index (χ2v) is 6.96. The van der Waals surface area contributed by atoms with Crippen LogP contribution in [0.3, 0.4) is 0 Å². The summed E-state index contributed by atoms with van der Waals surface area (Å²) < 4.78 is 12.6. The van der Waals surface area contributed by atoms with E-state index in [1.807, 2.05) is 54.6 Å². The van der Waals surface area contributed by atoms with Crippen molar-refractivity contribution in [3.05, 3.63) is 81.6 Å². The molecule has 2 aromatic carbocycles.